The number of benzene rings is 2. The summed E-state index contributed by atoms with van der Waals surface area (Å²) in [4.78, 5) is 14.7. The van der Waals surface area contributed by atoms with E-state index >= 15 is 0 Å². The normalized spacial score (nSPS) is 14.8. The Labute approximate surface area is 161 Å². The maximum Gasteiger partial charge on any atom is 0.227 e. The van der Waals surface area contributed by atoms with Crippen LogP contribution in [0, 0.1) is 0 Å². The summed E-state index contributed by atoms with van der Waals surface area (Å²) < 4.78 is 11.4. The molecule has 0 aliphatic carbocycles. The zero-order chi connectivity index (χ0) is 19.1. The number of carbonyl (C=O) groups is 1. The predicted octanol–water partition coefficient (Wildman–Crippen LogP) is 4.09. The van der Waals surface area contributed by atoms with Gasteiger partial charge in [0, 0.05) is 25.8 Å². The molecule has 1 heterocycles. The number of carbonyl (C=O) groups excluding carboxylic acids is 1. The second-order valence-corrected chi connectivity index (χ2v) is 6.84. The average Bonchev–Trinajstić information content (AvgIpc) is 2.73. The van der Waals surface area contributed by atoms with Gasteiger partial charge in [0.25, 0.3) is 0 Å². The predicted molar refractivity (Wildman–Crippen MR) is 108 cm³/mol. The molecule has 0 N–H and O–H groups in total. The highest BCUT2D eigenvalue weighted by atomic mass is 16.5. The Morgan fingerprint density at radius 3 is 2.59 bits per heavy atom. The van der Waals surface area contributed by atoms with E-state index in [9.17, 15) is 4.79 Å². The van der Waals surface area contributed by atoms with Gasteiger partial charge in [0.2, 0.25) is 5.91 Å². The molecule has 27 heavy (non-hydrogen) atoms. The Balaban J connectivity index is 1.69. The molecule has 1 amide bonds. The molecule has 4 heteroatoms. The van der Waals surface area contributed by atoms with Crippen LogP contribution in [0.5, 0.6) is 5.75 Å². The zero-order valence-corrected chi connectivity index (χ0v) is 15.9. The second-order valence-electron chi connectivity index (χ2n) is 6.84. The monoisotopic (exact) mass is 365 g/mol. The van der Waals surface area contributed by atoms with Crippen LogP contribution in [0.15, 0.2) is 55.1 Å². The molecule has 3 rings (SSSR count). The molecule has 1 fully saturated rings. The van der Waals surface area contributed by atoms with Crippen molar-refractivity contribution in [2.45, 2.75) is 32.0 Å². The van der Waals surface area contributed by atoms with Gasteiger partial charge in [0.05, 0.1) is 12.5 Å². The summed E-state index contributed by atoms with van der Waals surface area (Å²) in [6.45, 7) is 5.81. The Hall–Kier alpha value is -2.59. The average molecular weight is 365 g/mol. The Morgan fingerprint density at radius 2 is 1.93 bits per heavy atom. The fourth-order valence-electron chi connectivity index (χ4n) is 3.36. The standard InChI is InChI=1S/C23H27NO3/c1-3-18-9-10-22(27-17-19-7-5-4-6-8-19)20(15-18)16-23(25)24-13-11-21(26-2)12-14-24/h3-10,15,21H,1,11-14,16-17H2,2H3. The highest BCUT2D eigenvalue weighted by molar-refractivity contribution is 5.80. The van der Waals surface area contributed by atoms with Gasteiger partial charge in [-0.1, -0.05) is 49.1 Å². The van der Waals surface area contributed by atoms with Gasteiger partial charge < -0.3 is 14.4 Å². The summed E-state index contributed by atoms with van der Waals surface area (Å²) in [5, 5.41) is 0. The van der Waals surface area contributed by atoms with E-state index in [0.717, 1.165) is 48.4 Å². The first-order chi connectivity index (χ1) is 13.2. The molecular formula is C23H27NO3. The van der Waals surface area contributed by atoms with Crippen LogP contribution in [0.25, 0.3) is 6.08 Å². The molecular weight excluding hydrogens is 338 g/mol. The third kappa shape index (κ3) is 5.20. The molecule has 0 atom stereocenters. The molecule has 4 nitrogen and oxygen atoms in total. The number of nitrogens with zero attached hydrogens (tertiary/aromatic N) is 1. The third-order valence-electron chi connectivity index (χ3n) is 5.03. The van der Waals surface area contributed by atoms with Crippen molar-refractivity contribution in [3.8, 4) is 5.75 Å². The van der Waals surface area contributed by atoms with Gasteiger partial charge in [0.1, 0.15) is 12.4 Å². The van der Waals surface area contributed by atoms with Gasteiger partial charge in [-0.15, -0.1) is 0 Å². The number of methoxy groups -OCH3 is 1. The topological polar surface area (TPSA) is 38.8 Å². The minimum Gasteiger partial charge on any atom is -0.489 e. The number of rotatable bonds is 7. The summed E-state index contributed by atoms with van der Waals surface area (Å²) in [5.74, 6) is 0.889. The van der Waals surface area contributed by atoms with Gasteiger partial charge in [-0.2, -0.15) is 0 Å². The molecule has 0 radical (unpaired) electrons. The lowest BCUT2D eigenvalue weighted by Gasteiger charge is -2.31. The van der Waals surface area contributed by atoms with Crippen molar-refractivity contribution in [2.24, 2.45) is 0 Å². The SMILES string of the molecule is C=Cc1ccc(OCc2ccccc2)c(CC(=O)N2CCC(OC)CC2)c1. The quantitative estimate of drug-likeness (QED) is 0.742. The second kappa shape index (κ2) is 9.38. The van der Waals surface area contributed by atoms with Crippen LogP contribution in [0.4, 0.5) is 0 Å². The van der Waals surface area contributed by atoms with Gasteiger partial charge in [-0.25, -0.2) is 0 Å². The lowest BCUT2D eigenvalue weighted by molar-refractivity contribution is -0.132. The van der Waals surface area contributed by atoms with Crippen molar-refractivity contribution in [2.75, 3.05) is 20.2 Å². The van der Waals surface area contributed by atoms with Crippen LogP contribution in [0.3, 0.4) is 0 Å². The Bertz CT molecular complexity index is 764. The van der Waals surface area contributed by atoms with E-state index in [1.807, 2.05) is 53.4 Å². The number of amides is 1. The third-order valence-corrected chi connectivity index (χ3v) is 5.03. The first-order valence-electron chi connectivity index (χ1n) is 9.42. The van der Waals surface area contributed by atoms with E-state index in [2.05, 4.69) is 6.58 Å². The number of piperidine rings is 1. The van der Waals surface area contributed by atoms with Crippen molar-refractivity contribution >= 4 is 12.0 Å². The first kappa shape index (κ1) is 19.2. The molecule has 1 aliphatic heterocycles. The molecule has 0 bridgehead atoms. The number of hydrogen-bond donors (Lipinski definition) is 0. The molecule has 2 aromatic rings. The minimum absolute atomic E-state index is 0.135. The number of likely N-dealkylation sites (tertiary alicyclic amines) is 1. The van der Waals surface area contributed by atoms with E-state index < -0.39 is 0 Å². The molecule has 0 spiro atoms. The van der Waals surface area contributed by atoms with Crippen molar-refractivity contribution in [1.29, 1.82) is 0 Å². The highest BCUT2D eigenvalue weighted by Crippen LogP contribution is 2.24. The molecule has 0 saturated carbocycles. The molecule has 0 aromatic heterocycles. The Kier molecular flexibility index (Phi) is 6.66. The van der Waals surface area contributed by atoms with Crippen LogP contribution in [-0.4, -0.2) is 37.1 Å². The van der Waals surface area contributed by atoms with Crippen molar-refractivity contribution < 1.29 is 14.3 Å². The van der Waals surface area contributed by atoms with Gasteiger partial charge in [-0.3, -0.25) is 4.79 Å². The van der Waals surface area contributed by atoms with E-state index in [4.69, 9.17) is 9.47 Å². The maximum atomic E-state index is 12.8. The van der Waals surface area contributed by atoms with Crippen molar-refractivity contribution in [3.05, 3.63) is 71.8 Å². The number of hydrogen-bond acceptors (Lipinski definition) is 3. The maximum absolute atomic E-state index is 12.8. The van der Waals surface area contributed by atoms with Crippen LogP contribution in [0.1, 0.15) is 29.5 Å². The van der Waals surface area contributed by atoms with Crippen LogP contribution in [-0.2, 0) is 22.6 Å². The molecule has 1 aliphatic rings. The Morgan fingerprint density at radius 1 is 1.19 bits per heavy atom. The number of ether oxygens (including phenoxy) is 2. The van der Waals surface area contributed by atoms with Crippen LogP contribution >= 0.6 is 0 Å². The van der Waals surface area contributed by atoms with Gasteiger partial charge in [0.15, 0.2) is 0 Å². The fraction of sp³-hybridized carbons (Fsp3) is 0.348. The van der Waals surface area contributed by atoms with Gasteiger partial charge >= 0.3 is 0 Å². The van der Waals surface area contributed by atoms with E-state index in [1.54, 1.807) is 13.2 Å². The van der Waals surface area contributed by atoms with Crippen LogP contribution in [0.2, 0.25) is 0 Å². The zero-order valence-electron chi connectivity index (χ0n) is 15.9. The van der Waals surface area contributed by atoms with E-state index in [0.29, 0.717) is 13.0 Å². The highest BCUT2D eigenvalue weighted by Gasteiger charge is 2.23. The van der Waals surface area contributed by atoms with Gasteiger partial charge in [-0.05, 0) is 36.1 Å². The first-order valence-corrected chi connectivity index (χ1v) is 9.42. The summed E-state index contributed by atoms with van der Waals surface area (Å²) >= 11 is 0. The lowest BCUT2D eigenvalue weighted by atomic mass is 10.0. The molecule has 2 aromatic carbocycles. The summed E-state index contributed by atoms with van der Waals surface area (Å²) in [6, 6.07) is 15.9. The van der Waals surface area contributed by atoms with E-state index in [1.165, 1.54) is 0 Å². The largest absolute Gasteiger partial charge is 0.489 e. The van der Waals surface area contributed by atoms with E-state index in [-0.39, 0.29) is 12.0 Å². The molecule has 1 saturated heterocycles. The smallest absolute Gasteiger partial charge is 0.227 e. The summed E-state index contributed by atoms with van der Waals surface area (Å²) in [7, 11) is 1.74. The lowest BCUT2D eigenvalue weighted by Crippen LogP contribution is -2.41. The van der Waals surface area contributed by atoms with Crippen molar-refractivity contribution in [1.82, 2.24) is 4.90 Å². The van der Waals surface area contributed by atoms with Crippen LogP contribution < -0.4 is 4.74 Å². The fourth-order valence-corrected chi connectivity index (χ4v) is 3.36. The minimum atomic E-state index is 0.135. The van der Waals surface area contributed by atoms with Crippen molar-refractivity contribution in [3.63, 3.8) is 0 Å². The summed E-state index contributed by atoms with van der Waals surface area (Å²) in [6.07, 6.45) is 4.18. The summed E-state index contributed by atoms with van der Waals surface area (Å²) in [5.41, 5.74) is 2.99. The molecule has 142 valence electrons. The molecule has 0 unspecified atom stereocenters.